The topological polar surface area (TPSA) is 0 Å². The van der Waals surface area contributed by atoms with Crippen molar-refractivity contribution >= 4 is 116 Å². The van der Waals surface area contributed by atoms with E-state index in [-0.39, 0.29) is 5.88 Å². The van der Waals surface area contributed by atoms with Gasteiger partial charge in [-0.25, -0.2) is 0 Å². The maximum Gasteiger partial charge on any atom is 0.140 e. The summed E-state index contributed by atoms with van der Waals surface area (Å²) in [4.78, 5) is -2.03. The number of alkyl halides is 10. The van der Waals surface area contributed by atoms with Gasteiger partial charge in [0.2, 0.25) is 0 Å². The van der Waals surface area contributed by atoms with Crippen LogP contribution in [0.25, 0.3) is 0 Å². The van der Waals surface area contributed by atoms with Crippen molar-refractivity contribution in [2.24, 2.45) is 16.7 Å². The maximum absolute atomic E-state index is 6.47. The van der Waals surface area contributed by atoms with E-state index in [4.69, 9.17) is 116 Å². The third kappa shape index (κ3) is 1.97. The SMILES string of the molecule is ClCC1(C(Cl)Cl)C2[C@@H](Cl)[C@H](Cl)C1(C(Cl)Cl)[C@@H](Cl)C2(Cl)Cl. The number of hydrogen-bond acceptors (Lipinski definition) is 0. The Morgan fingerprint density at radius 2 is 1.40 bits per heavy atom. The van der Waals surface area contributed by atoms with Gasteiger partial charge in [0.15, 0.2) is 0 Å². The van der Waals surface area contributed by atoms with Crippen molar-refractivity contribution in [3.63, 3.8) is 0 Å². The normalized spacial score (nSPS) is 50.4. The summed E-state index contributed by atoms with van der Waals surface area (Å²) < 4.78 is -1.45. The molecule has 0 N–H and O–H groups in total. The largest absolute Gasteiger partial charge is 0.140 e. The maximum atomic E-state index is 6.47. The van der Waals surface area contributed by atoms with Gasteiger partial charge in [-0.2, -0.15) is 0 Å². The molecule has 0 aliphatic heterocycles. The first kappa shape index (κ1) is 19.2. The van der Waals surface area contributed by atoms with Gasteiger partial charge in [-0.15, -0.1) is 92.8 Å². The van der Waals surface area contributed by atoms with E-state index in [2.05, 4.69) is 0 Å². The van der Waals surface area contributed by atoms with E-state index in [1.165, 1.54) is 0 Å². The standard InChI is InChI=1S/C10H8Cl10/c11-1-8(6(15)16)3-2(12)4(13)9(8,7(17)18)5(14)10(3,19)20/h2-7H,1H2/t2-,3?,4+,5-,8?,9?/m1/s1. The van der Waals surface area contributed by atoms with Crippen LogP contribution in [0.15, 0.2) is 0 Å². The molecule has 2 aliphatic rings. The number of fused-ring (bicyclic) bond motifs is 2. The second-order valence-electron chi connectivity index (χ2n) is 5.07. The first-order chi connectivity index (χ1) is 9.04. The van der Waals surface area contributed by atoms with Gasteiger partial charge < -0.3 is 0 Å². The van der Waals surface area contributed by atoms with Gasteiger partial charge >= 0.3 is 0 Å². The van der Waals surface area contributed by atoms with Gasteiger partial charge in [-0.05, 0) is 0 Å². The second-order valence-corrected chi connectivity index (χ2v) is 10.4. The lowest BCUT2D eigenvalue weighted by molar-refractivity contribution is 0.147. The third-order valence-electron chi connectivity index (χ3n) is 4.56. The molecule has 20 heavy (non-hydrogen) atoms. The molecule has 0 aromatic rings. The smallest absolute Gasteiger partial charge is 0.126 e. The fraction of sp³-hybridized carbons (Fsp3) is 1.00. The molecule has 0 nitrogen and oxygen atoms in total. The van der Waals surface area contributed by atoms with Crippen LogP contribution in [0, 0.1) is 16.7 Å². The zero-order valence-electron chi connectivity index (χ0n) is 9.45. The molecule has 0 radical (unpaired) electrons. The van der Waals surface area contributed by atoms with E-state index in [1.54, 1.807) is 0 Å². The van der Waals surface area contributed by atoms with Crippen LogP contribution in [-0.2, 0) is 0 Å². The van der Waals surface area contributed by atoms with Gasteiger partial charge in [-0.1, -0.05) is 23.2 Å². The minimum absolute atomic E-state index is 0.0257. The zero-order valence-corrected chi connectivity index (χ0v) is 17.0. The minimum atomic E-state index is -1.45. The molecule has 10 heteroatoms. The van der Waals surface area contributed by atoms with Crippen molar-refractivity contribution in [3.8, 4) is 0 Å². The molecule has 0 aromatic heterocycles. The van der Waals surface area contributed by atoms with E-state index in [1.807, 2.05) is 0 Å². The van der Waals surface area contributed by atoms with Crippen LogP contribution >= 0.6 is 116 Å². The molecule has 3 unspecified atom stereocenters. The number of rotatable bonds is 3. The molecule has 0 saturated heterocycles. The van der Waals surface area contributed by atoms with Crippen LogP contribution in [0.5, 0.6) is 0 Å². The first-order valence-electron chi connectivity index (χ1n) is 5.46. The summed E-state index contributed by atoms with van der Waals surface area (Å²) in [7, 11) is 0. The Labute approximate surface area is 167 Å². The Hall–Kier alpha value is 2.90. The van der Waals surface area contributed by atoms with Crippen LogP contribution in [-0.4, -0.2) is 36.0 Å². The lowest BCUT2D eigenvalue weighted by Gasteiger charge is -2.47. The molecule has 118 valence electrons. The Morgan fingerprint density at radius 3 is 1.70 bits per heavy atom. The predicted octanol–water partition coefficient (Wildman–Crippen LogP) is 6.44. The summed E-state index contributed by atoms with van der Waals surface area (Å²) in [5.41, 5.74) is -2.31. The number of hydrogen-bond donors (Lipinski definition) is 0. The highest BCUT2D eigenvalue weighted by molar-refractivity contribution is 6.56. The molecule has 2 rings (SSSR count). The van der Waals surface area contributed by atoms with Crippen molar-refractivity contribution < 1.29 is 0 Å². The highest BCUT2D eigenvalue weighted by Crippen LogP contribution is 2.79. The zero-order chi connectivity index (χ0) is 15.7. The number of halogens is 10. The summed E-state index contributed by atoms with van der Waals surface area (Å²) >= 11 is 63.1. The van der Waals surface area contributed by atoms with Gasteiger partial charge in [0, 0.05) is 22.6 Å². The molecule has 0 amide bonds. The molecule has 0 aromatic carbocycles. The Morgan fingerprint density at radius 1 is 0.900 bits per heavy atom. The van der Waals surface area contributed by atoms with Crippen molar-refractivity contribution in [2.45, 2.75) is 30.1 Å². The van der Waals surface area contributed by atoms with Gasteiger partial charge in [0.25, 0.3) is 0 Å². The van der Waals surface area contributed by atoms with Crippen molar-refractivity contribution in [3.05, 3.63) is 0 Å². The van der Waals surface area contributed by atoms with Crippen molar-refractivity contribution in [1.29, 1.82) is 0 Å². The Balaban J connectivity index is 2.80. The fourth-order valence-corrected chi connectivity index (χ4v) is 9.42. The molecule has 0 heterocycles. The fourth-order valence-electron chi connectivity index (χ4n) is 3.67. The van der Waals surface area contributed by atoms with Gasteiger partial charge in [0.1, 0.15) is 14.0 Å². The molecule has 2 fully saturated rings. The van der Waals surface area contributed by atoms with E-state index in [0.717, 1.165) is 0 Å². The summed E-state index contributed by atoms with van der Waals surface area (Å²) in [5, 5.41) is -2.29. The van der Waals surface area contributed by atoms with Crippen molar-refractivity contribution in [1.82, 2.24) is 0 Å². The van der Waals surface area contributed by atoms with Crippen molar-refractivity contribution in [2.75, 3.05) is 5.88 Å². The molecule has 2 aliphatic carbocycles. The van der Waals surface area contributed by atoms with Crippen LogP contribution in [0.4, 0.5) is 0 Å². The lowest BCUT2D eigenvalue weighted by Crippen LogP contribution is -2.56. The van der Waals surface area contributed by atoms with Gasteiger partial charge in [0.05, 0.1) is 16.1 Å². The summed E-state index contributed by atoms with van der Waals surface area (Å²) in [5.74, 6) is -0.676. The Bertz CT molecular complexity index is 397. The highest BCUT2D eigenvalue weighted by Gasteiger charge is 2.86. The summed E-state index contributed by atoms with van der Waals surface area (Å²) in [6, 6.07) is 0. The van der Waals surface area contributed by atoms with Gasteiger partial charge in [-0.3, -0.25) is 0 Å². The third-order valence-corrected chi connectivity index (χ3v) is 9.60. The minimum Gasteiger partial charge on any atom is -0.126 e. The second kappa shape index (κ2) is 6.01. The van der Waals surface area contributed by atoms with E-state index >= 15 is 0 Å². The summed E-state index contributed by atoms with van der Waals surface area (Å²) in [6.45, 7) is 0. The highest BCUT2D eigenvalue weighted by atomic mass is 35.5. The van der Waals surface area contributed by atoms with E-state index in [9.17, 15) is 0 Å². The van der Waals surface area contributed by atoms with Crippen LogP contribution in [0.2, 0.25) is 0 Å². The first-order valence-corrected chi connectivity index (χ1v) is 9.81. The average Bonchev–Trinajstić information content (AvgIpc) is 2.64. The lowest BCUT2D eigenvalue weighted by atomic mass is 9.69. The van der Waals surface area contributed by atoms with E-state index < -0.39 is 46.9 Å². The summed E-state index contributed by atoms with van der Waals surface area (Å²) in [6.07, 6.45) is 0. The quantitative estimate of drug-likeness (QED) is 0.406. The molecule has 2 saturated carbocycles. The molecular formula is C10H8Cl10. The average molecular weight is 483 g/mol. The Kier molecular flexibility index (Phi) is 5.78. The molecule has 6 atom stereocenters. The molecular weight excluding hydrogens is 475 g/mol. The van der Waals surface area contributed by atoms with Crippen LogP contribution < -0.4 is 0 Å². The van der Waals surface area contributed by atoms with E-state index in [0.29, 0.717) is 0 Å². The predicted molar refractivity (Wildman–Crippen MR) is 93.4 cm³/mol. The molecule has 0 spiro atoms. The van der Waals surface area contributed by atoms with Crippen LogP contribution in [0.3, 0.4) is 0 Å². The molecule has 2 bridgehead atoms. The van der Waals surface area contributed by atoms with Crippen LogP contribution in [0.1, 0.15) is 0 Å². The monoisotopic (exact) mass is 478 g/mol.